The van der Waals surface area contributed by atoms with E-state index in [1.165, 1.54) is 0 Å². The lowest BCUT2D eigenvalue weighted by Crippen LogP contribution is -2.72. The zero-order valence-corrected chi connectivity index (χ0v) is 21.4. The van der Waals surface area contributed by atoms with Crippen molar-refractivity contribution < 1.29 is 0 Å². The zero-order valence-electron chi connectivity index (χ0n) is 12.0. The number of halogens is 4. The third kappa shape index (κ3) is 3.43. The summed E-state index contributed by atoms with van der Waals surface area (Å²) in [5.74, 6) is 0. The van der Waals surface area contributed by atoms with Gasteiger partial charge in [0.1, 0.15) is 8.07 Å². The van der Waals surface area contributed by atoms with E-state index in [0.717, 1.165) is 0 Å². The van der Waals surface area contributed by atoms with E-state index in [1.54, 1.807) is 0 Å². The van der Waals surface area contributed by atoms with Gasteiger partial charge < -0.3 is 0 Å². The Morgan fingerprint density at radius 2 is 0.706 bits per heavy atom. The van der Waals surface area contributed by atoms with E-state index in [2.05, 4.69) is 116 Å². The van der Waals surface area contributed by atoms with Crippen LogP contribution in [0.4, 0.5) is 0 Å². The van der Waals surface area contributed by atoms with Crippen molar-refractivity contribution >= 4 is 87.9 Å². The Kier molecular flexibility index (Phi) is 6.22. The monoisotopic (exact) mass is 544 g/mol. The predicted octanol–water partition coefficient (Wildman–Crippen LogP) is 6.50. The first-order valence-corrected chi connectivity index (χ1v) is 18.9. The van der Waals surface area contributed by atoms with Crippen molar-refractivity contribution in [1.29, 1.82) is 0 Å². The summed E-state index contributed by atoms with van der Waals surface area (Å²) in [5.41, 5.74) is 0. The maximum atomic E-state index is 4.05. The summed E-state index contributed by atoms with van der Waals surface area (Å²) in [4.78, 5) is 0. The highest BCUT2D eigenvalue weighted by Gasteiger charge is 2.63. The van der Waals surface area contributed by atoms with Gasteiger partial charge >= 0.3 is 0 Å². The van der Waals surface area contributed by atoms with Crippen LogP contribution in [0, 0.1) is 0 Å². The van der Waals surface area contributed by atoms with Crippen LogP contribution in [0.1, 0.15) is 0 Å². The molecular formula is C10H24Br4Si3. The lowest BCUT2D eigenvalue weighted by molar-refractivity contribution is 1.34. The zero-order chi connectivity index (χ0) is 14.5. The standard InChI is InChI=1S/C10H24Br4Si3/c1-15(2,3)9(11,12)17(7,8)10(13,14)16(4,5)6/h1-8H3. The van der Waals surface area contributed by atoms with Gasteiger partial charge in [0.15, 0.2) is 0 Å². The average Bonchev–Trinajstić information content (AvgIpc) is 1.98. The van der Waals surface area contributed by atoms with E-state index in [0.29, 0.717) is 0 Å². The summed E-state index contributed by atoms with van der Waals surface area (Å²) in [5, 5.41) is 0. The number of hydrogen-bond acceptors (Lipinski definition) is 0. The van der Waals surface area contributed by atoms with E-state index in [4.69, 9.17) is 0 Å². The minimum absolute atomic E-state index is 0.118. The van der Waals surface area contributed by atoms with E-state index in [9.17, 15) is 0 Å². The maximum absolute atomic E-state index is 4.05. The van der Waals surface area contributed by atoms with E-state index in [1.807, 2.05) is 0 Å². The van der Waals surface area contributed by atoms with Crippen molar-refractivity contribution in [3.8, 4) is 0 Å². The molecule has 0 fully saturated rings. The average molecular weight is 548 g/mol. The molecule has 7 heteroatoms. The molecule has 0 amide bonds. The molecule has 0 aromatic heterocycles. The molecule has 0 aliphatic heterocycles. The summed E-state index contributed by atoms with van der Waals surface area (Å²) >= 11 is 16.2. The molecule has 0 aliphatic carbocycles. The first kappa shape index (κ1) is 19.6. The van der Waals surface area contributed by atoms with Gasteiger partial charge in [0.05, 0.1) is 21.1 Å². The fourth-order valence-electron chi connectivity index (χ4n) is 2.07. The van der Waals surface area contributed by atoms with Crippen LogP contribution in [0.25, 0.3) is 0 Å². The van der Waals surface area contributed by atoms with Gasteiger partial charge in [0.25, 0.3) is 0 Å². The van der Waals surface area contributed by atoms with Gasteiger partial charge in [-0.25, -0.2) is 0 Å². The minimum Gasteiger partial charge on any atom is -0.0802 e. The summed E-state index contributed by atoms with van der Waals surface area (Å²) in [6, 6.07) is 0. The fraction of sp³-hybridized carbons (Fsp3) is 1.00. The van der Waals surface area contributed by atoms with Gasteiger partial charge in [-0.15, -0.1) is 0 Å². The molecule has 0 N–H and O–H groups in total. The van der Waals surface area contributed by atoms with Crippen molar-refractivity contribution in [2.45, 2.75) is 57.3 Å². The first-order valence-electron chi connectivity index (χ1n) is 5.76. The lowest BCUT2D eigenvalue weighted by atomic mass is 11.7. The summed E-state index contributed by atoms with van der Waals surface area (Å²) in [6.45, 7) is 19.5. The maximum Gasteiger partial charge on any atom is 0.104 e. The van der Waals surface area contributed by atoms with E-state index in [-0.39, 0.29) is 4.96 Å². The minimum atomic E-state index is -1.64. The first-order chi connectivity index (χ1) is 7.00. The number of rotatable bonds is 4. The second kappa shape index (κ2) is 5.40. The summed E-state index contributed by atoms with van der Waals surface area (Å²) in [7, 11) is -4.34. The molecule has 0 spiro atoms. The van der Waals surface area contributed by atoms with Gasteiger partial charge in [0, 0.05) is 0 Å². The quantitative estimate of drug-likeness (QED) is 0.278. The van der Waals surface area contributed by atoms with Crippen molar-refractivity contribution in [2.75, 3.05) is 0 Å². The number of hydrogen-bond donors (Lipinski definition) is 0. The van der Waals surface area contributed by atoms with Gasteiger partial charge in [-0.05, 0) is 0 Å². The largest absolute Gasteiger partial charge is 0.104 e. The molecule has 0 atom stereocenters. The van der Waals surface area contributed by atoms with E-state index < -0.39 is 24.2 Å². The fourth-order valence-corrected chi connectivity index (χ4v) is 27.9. The van der Waals surface area contributed by atoms with Gasteiger partial charge in [-0.3, -0.25) is 0 Å². The van der Waals surface area contributed by atoms with Crippen LogP contribution in [-0.4, -0.2) is 29.2 Å². The van der Waals surface area contributed by atoms with Crippen LogP contribution in [0.15, 0.2) is 0 Å². The SMILES string of the molecule is C[Si](C)(C)C(Br)(Br)[Si](C)(C)C(Br)(Br)[Si](C)(C)C. The Labute approximate surface area is 144 Å². The molecule has 104 valence electrons. The second-order valence-electron chi connectivity index (χ2n) is 7.27. The number of alkyl halides is 4. The molecule has 0 aliphatic rings. The van der Waals surface area contributed by atoms with Gasteiger partial charge in [-0.2, -0.15) is 0 Å². The van der Waals surface area contributed by atoms with Crippen LogP contribution >= 0.6 is 63.7 Å². The van der Waals surface area contributed by atoms with Gasteiger partial charge in [-0.1, -0.05) is 116 Å². The normalized spacial score (nSPS) is 16.2. The molecule has 0 saturated carbocycles. The Morgan fingerprint density at radius 3 is 0.824 bits per heavy atom. The Hall–Kier alpha value is 2.57. The molecule has 0 radical (unpaired) electrons. The molecule has 0 saturated heterocycles. The molecule has 0 bridgehead atoms. The molecule has 0 unspecified atom stereocenters. The third-order valence-corrected chi connectivity index (χ3v) is 44.8. The van der Waals surface area contributed by atoms with Crippen LogP contribution < -0.4 is 0 Å². The summed E-state index contributed by atoms with van der Waals surface area (Å²) < 4.78 is 0.237. The Morgan fingerprint density at radius 1 is 0.529 bits per heavy atom. The van der Waals surface area contributed by atoms with Crippen LogP contribution in [0.3, 0.4) is 0 Å². The van der Waals surface area contributed by atoms with Crippen molar-refractivity contribution in [3.05, 3.63) is 0 Å². The Bertz CT molecular complexity index is 259. The summed E-state index contributed by atoms with van der Waals surface area (Å²) in [6.07, 6.45) is 0. The van der Waals surface area contributed by atoms with E-state index >= 15 is 0 Å². The van der Waals surface area contributed by atoms with Crippen LogP contribution in [0.5, 0.6) is 0 Å². The van der Waals surface area contributed by atoms with Crippen LogP contribution in [-0.2, 0) is 0 Å². The highest BCUT2D eigenvalue weighted by Crippen LogP contribution is 2.56. The van der Waals surface area contributed by atoms with Crippen LogP contribution in [0.2, 0.25) is 52.4 Å². The van der Waals surface area contributed by atoms with Crippen molar-refractivity contribution in [3.63, 3.8) is 0 Å². The smallest absolute Gasteiger partial charge is 0.0802 e. The molecule has 0 aromatic rings. The molecule has 17 heavy (non-hydrogen) atoms. The highest BCUT2D eigenvalue weighted by molar-refractivity contribution is 9.29. The second-order valence-corrected chi connectivity index (χ2v) is 36.3. The highest BCUT2D eigenvalue weighted by atomic mass is 79.9. The molecule has 0 nitrogen and oxygen atoms in total. The topological polar surface area (TPSA) is 0 Å². The third-order valence-electron chi connectivity index (χ3n) is 3.45. The predicted molar refractivity (Wildman–Crippen MR) is 105 cm³/mol. The molecule has 0 aromatic carbocycles. The molecular weight excluding hydrogens is 524 g/mol. The van der Waals surface area contributed by atoms with Crippen molar-refractivity contribution in [2.24, 2.45) is 0 Å². The van der Waals surface area contributed by atoms with Crippen molar-refractivity contribution in [1.82, 2.24) is 0 Å². The molecule has 0 rings (SSSR count). The molecule has 0 heterocycles. The lowest BCUT2D eigenvalue weighted by Gasteiger charge is -2.54. The van der Waals surface area contributed by atoms with Gasteiger partial charge in [0.2, 0.25) is 0 Å². The Balaban J connectivity index is 5.73.